The minimum Gasteiger partial charge on any atom is -0.325 e. The molecule has 2 N–H and O–H groups in total. The number of aromatic nitrogens is 2. The van der Waals surface area contributed by atoms with Crippen LogP contribution in [0.5, 0.6) is 0 Å². The molecule has 0 fully saturated rings. The van der Waals surface area contributed by atoms with Crippen molar-refractivity contribution in [2.24, 2.45) is 0 Å². The van der Waals surface area contributed by atoms with Gasteiger partial charge in [0.2, 0.25) is 5.91 Å². The van der Waals surface area contributed by atoms with Gasteiger partial charge in [0.15, 0.2) is 5.16 Å². The number of carbonyl (C=O) groups excluding carboxylic acids is 1. The van der Waals surface area contributed by atoms with E-state index in [1.165, 1.54) is 0 Å². The lowest BCUT2D eigenvalue weighted by Gasteiger charge is -2.13. The molecule has 0 aliphatic rings. The van der Waals surface area contributed by atoms with Crippen molar-refractivity contribution in [1.82, 2.24) is 9.97 Å². The number of hydrogen-bond donors (Lipinski definition) is 2. The molecule has 0 aliphatic heterocycles. The van der Waals surface area contributed by atoms with E-state index in [4.69, 9.17) is 5.26 Å². The fourth-order valence-electron chi connectivity index (χ4n) is 2.09. The van der Waals surface area contributed by atoms with Crippen LogP contribution in [0, 0.1) is 18.3 Å². The first kappa shape index (κ1) is 17.8. The van der Waals surface area contributed by atoms with Gasteiger partial charge in [0.05, 0.1) is 10.9 Å². The molecular weight excluding hydrogens is 324 g/mol. The Hall–Kier alpha value is -2.59. The van der Waals surface area contributed by atoms with E-state index in [0.29, 0.717) is 17.3 Å². The molecule has 1 amide bonds. The zero-order valence-corrected chi connectivity index (χ0v) is 14.5. The topological polar surface area (TPSA) is 98.6 Å². The second kappa shape index (κ2) is 7.79. The number of aryl methyl sites for hydroxylation is 2. The number of benzene rings is 1. The largest absolute Gasteiger partial charge is 0.325 e. The van der Waals surface area contributed by atoms with Gasteiger partial charge < -0.3 is 10.3 Å². The summed E-state index contributed by atoms with van der Waals surface area (Å²) in [6.07, 6.45) is 0.476. The zero-order valence-electron chi connectivity index (χ0n) is 13.7. The van der Waals surface area contributed by atoms with Crippen molar-refractivity contribution in [1.29, 1.82) is 5.26 Å². The third-order valence-corrected chi connectivity index (χ3v) is 4.46. The van der Waals surface area contributed by atoms with E-state index in [-0.39, 0.29) is 11.5 Å². The number of nitrogens with one attached hydrogen (secondary N) is 2. The molecule has 0 aliphatic carbocycles. The highest BCUT2D eigenvalue weighted by Crippen LogP contribution is 2.21. The summed E-state index contributed by atoms with van der Waals surface area (Å²) in [6, 6.07) is 9.37. The van der Waals surface area contributed by atoms with Crippen molar-refractivity contribution in [3.63, 3.8) is 0 Å². The SMILES string of the molecule is CCc1nc(S[C@@H](C)C(=O)Nc2ccccc2C)[nH]c(=O)c1C#N. The molecule has 1 aromatic heterocycles. The van der Waals surface area contributed by atoms with Crippen LogP contribution in [0.1, 0.15) is 30.7 Å². The van der Waals surface area contributed by atoms with Crippen LogP contribution in [-0.4, -0.2) is 21.1 Å². The van der Waals surface area contributed by atoms with Crippen molar-refractivity contribution in [3.8, 4) is 6.07 Å². The number of thioether (sulfide) groups is 1. The van der Waals surface area contributed by atoms with Gasteiger partial charge in [0, 0.05) is 5.69 Å². The average molecular weight is 342 g/mol. The van der Waals surface area contributed by atoms with E-state index in [2.05, 4.69) is 15.3 Å². The van der Waals surface area contributed by atoms with Crippen molar-refractivity contribution in [2.45, 2.75) is 37.6 Å². The Morgan fingerprint density at radius 3 is 2.79 bits per heavy atom. The molecule has 0 saturated heterocycles. The van der Waals surface area contributed by atoms with E-state index in [1.807, 2.05) is 44.2 Å². The van der Waals surface area contributed by atoms with Gasteiger partial charge in [-0.2, -0.15) is 5.26 Å². The van der Waals surface area contributed by atoms with Crippen LogP contribution in [0.3, 0.4) is 0 Å². The number of aromatic amines is 1. The lowest BCUT2D eigenvalue weighted by atomic mass is 10.2. The van der Waals surface area contributed by atoms with Crippen LogP contribution in [0.2, 0.25) is 0 Å². The third kappa shape index (κ3) is 4.03. The van der Waals surface area contributed by atoms with Gasteiger partial charge in [-0.3, -0.25) is 9.59 Å². The van der Waals surface area contributed by atoms with Crippen LogP contribution >= 0.6 is 11.8 Å². The number of nitriles is 1. The second-order valence-corrected chi connectivity index (χ2v) is 6.55. The van der Waals surface area contributed by atoms with Gasteiger partial charge in [-0.1, -0.05) is 36.9 Å². The standard InChI is InChI=1S/C17H18N4O2S/c1-4-13-12(9-18)16(23)21-17(20-13)24-11(3)15(22)19-14-8-6-5-7-10(14)2/h5-8,11H,4H2,1-3H3,(H,19,22)(H,20,21,23)/t11-/m0/s1. The second-order valence-electron chi connectivity index (χ2n) is 5.22. The Balaban J connectivity index is 2.15. The number of H-pyrrole nitrogens is 1. The summed E-state index contributed by atoms with van der Waals surface area (Å²) in [5.74, 6) is -0.181. The maximum absolute atomic E-state index is 12.3. The summed E-state index contributed by atoms with van der Waals surface area (Å²) >= 11 is 1.15. The minimum atomic E-state index is -0.474. The molecule has 1 atom stereocenters. The maximum Gasteiger partial charge on any atom is 0.269 e. The number of anilines is 1. The Bertz CT molecular complexity index is 854. The molecule has 6 nitrogen and oxygen atoms in total. The summed E-state index contributed by atoms with van der Waals surface area (Å²) in [5, 5.41) is 11.7. The number of carbonyl (C=O) groups is 1. The van der Waals surface area contributed by atoms with Crippen molar-refractivity contribution >= 4 is 23.4 Å². The predicted molar refractivity (Wildman–Crippen MR) is 94.1 cm³/mol. The molecule has 1 heterocycles. The Labute approximate surface area is 144 Å². The summed E-state index contributed by atoms with van der Waals surface area (Å²) in [7, 11) is 0. The van der Waals surface area contributed by atoms with E-state index in [1.54, 1.807) is 6.92 Å². The van der Waals surface area contributed by atoms with Gasteiger partial charge in [-0.05, 0) is 31.9 Å². The number of para-hydroxylation sites is 1. The number of hydrogen-bond acceptors (Lipinski definition) is 5. The minimum absolute atomic E-state index is 0.0267. The average Bonchev–Trinajstić information content (AvgIpc) is 2.56. The van der Waals surface area contributed by atoms with Crippen molar-refractivity contribution in [2.75, 3.05) is 5.32 Å². The molecule has 0 bridgehead atoms. The van der Waals surface area contributed by atoms with E-state index in [0.717, 1.165) is 23.0 Å². The number of rotatable bonds is 5. The first-order valence-corrected chi connectivity index (χ1v) is 8.40. The summed E-state index contributed by atoms with van der Waals surface area (Å²) in [5.41, 5.74) is 1.72. The van der Waals surface area contributed by atoms with Gasteiger partial charge >= 0.3 is 0 Å². The zero-order chi connectivity index (χ0) is 17.7. The monoisotopic (exact) mass is 342 g/mol. The highest BCUT2D eigenvalue weighted by atomic mass is 32.2. The van der Waals surface area contributed by atoms with Gasteiger partial charge in [-0.15, -0.1) is 0 Å². The molecule has 124 valence electrons. The lowest BCUT2D eigenvalue weighted by Crippen LogP contribution is -2.24. The maximum atomic E-state index is 12.3. The van der Waals surface area contributed by atoms with Crippen LogP contribution in [-0.2, 0) is 11.2 Å². The van der Waals surface area contributed by atoms with Gasteiger partial charge in [0.25, 0.3) is 5.56 Å². The van der Waals surface area contributed by atoms with Crippen molar-refractivity contribution < 1.29 is 4.79 Å². The predicted octanol–water partition coefficient (Wildman–Crippen LogP) is 2.63. The smallest absolute Gasteiger partial charge is 0.269 e. The molecule has 2 rings (SSSR count). The summed E-state index contributed by atoms with van der Waals surface area (Å²) < 4.78 is 0. The number of amides is 1. The van der Waals surface area contributed by atoms with Crippen LogP contribution < -0.4 is 10.9 Å². The highest BCUT2D eigenvalue weighted by Gasteiger charge is 2.18. The van der Waals surface area contributed by atoms with E-state index in [9.17, 15) is 9.59 Å². The number of nitrogens with zero attached hydrogens (tertiary/aromatic N) is 2. The molecule has 2 aromatic rings. The fraction of sp³-hybridized carbons (Fsp3) is 0.294. The van der Waals surface area contributed by atoms with Crippen molar-refractivity contribution in [3.05, 3.63) is 51.4 Å². The normalized spacial score (nSPS) is 11.6. The molecular formula is C17H18N4O2S. The van der Waals surface area contributed by atoms with Crippen LogP contribution in [0.15, 0.2) is 34.2 Å². The molecule has 0 unspecified atom stereocenters. The van der Waals surface area contributed by atoms with Gasteiger partial charge in [0.1, 0.15) is 11.6 Å². The fourth-order valence-corrected chi connectivity index (χ4v) is 2.91. The first-order chi connectivity index (χ1) is 11.5. The summed E-state index contributed by atoms with van der Waals surface area (Å²) in [4.78, 5) is 31.1. The Kier molecular flexibility index (Phi) is 5.77. The molecule has 7 heteroatoms. The van der Waals surface area contributed by atoms with Crippen LogP contribution in [0.25, 0.3) is 0 Å². The van der Waals surface area contributed by atoms with E-state index < -0.39 is 10.8 Å². The highest BCUT2D eigenvalue weighted by molar-refractivity contribution is 8.00. The third-order valence-electron chi connectivity index (χ3n) is 3.48. The Morgan fingerprint density at radius 1 is 1.46 bits per heavy atom. The van der Waals surface area contributed by atoms with Crippen LogP contribution in [0.4, 0.5) is 5.69 Å². The van der Waals surface area contributed by atoms with Gasteiger partial charge in [-0.25, -0.2) is 4.98 Å². The van der Waals surface area contributed by atoms with E-state index >= 15 is 0 Å². The summed E-state index contributed by atoms with van der Waals surface area (Å²) in [6.45, 7) is 5.48. The molecule has 1 aromatic carbocycles. The molecule has 24 heavy (non-hydrogen) atoms. The molecule has 0 saturated carbocycles. The quantitative estimate of drug-likeness (QED) is 0.643. The first-order valence-electron chi connectivity index (χ1n) is 7.52. The Morgan fingerprint density at radius 2 is 2.17 bits per heavy atom. The molecule has 0 spiro atoms. The molecule has 0 radical (unpaired) electrons. The lowest BCUT2D eigenvalue weighted by molar-refractivity contribution is -0.115.